The molecule has 0 spiro atoms. The molecule has 172 valence electrons. The van der Waals surface area contributed by atoms with E-state index in [0.29, 0.717) is 5.92 Å². The summed E-state index contributed by atoms with van der Waals surface area (Å²) in [4.78, 5) is 7.01. The minimum Gasteiger partial charge on any atom is -0.381 e. The van der Waals surface area contributed by atoms with Crippen LogP contribution in [-0.2, 0) is 9.47 Å². The molecule has 0 aromatic heterocycles. The van der Waals surface area contributed by atoms with Gasteiger partial charge >= 0.3 is 0 Å². The second kappa shape index (κ2) is 14.0. The molecule has 2 heterocycles. The molecule has 2 aliphatic rings. The molecular weight excluding hydrogens is 479 g/mol. The molecule has 0 saturated carbocycles. The maximum atomic E-state index is 5.84. The molecule has 0 radical (unpaired) electrons. The quantitative estimate of drug-likeness (QED) is 0.210. The van der Waals surface area contributed by atoms with Crippen LogP contribution in [0.4, 0.5) is 0 Å². The second-order valence-corrected chi connectivity index (χ2v) is 9.50. The number of nitrogens with zero attached hydrogens (tertiary/aromatic N) is 2. The minimum absolute atomic E-state index is 0. The second-order valence-electron chi connectivity index (χ2n) is 9.50. The number of ether oxygens (including phenoxy) is 2. The summed E-state index contributed by atoms with van der Waals surface area (Å²) < 4.78 is 11.2. The third-order valence-electron chi connectivity index (χ3n) is 6.09. The van der Waals surface area contributed by atoms with Crippen molar-refractivity contribution in [3.05, 3.63) is 0 Å². The predicted octanol–water partition coefficient (Wildman–Crippen LogP) is 3.36. The van der Waals surface area contributed by atoms with Gasteiger partial charge in [0.1, 0.15) is 0 Å². The van der Waals surface area contributed by atoms with Gasteiger partial charge in [-0.15, -0.1) is 24.0 Å². The Balaban J connectivity index is 0.00000420. The van der Waals surface area contributed by atoms with Crippen molar-refractivity contribution in [3.8, 4) is 0 Å². The van der Waals surface area contributed by atoms with Gasteiger partial charge < -0.3 is 20.1 Å². The maximum Gasteiger partial charge on any atom is 0.191 e. The van der Waals surface area contributed by atoms with Gasteiger partial charge in [-0.25, -0.2) is 0 Å². The monoisotopic (exact) mass is 524 g/mol. The molecule has 2 atom stereocenters. The normalized spacial score (nSPS) is 24.8. The Labute approximate surface area is 196 Å². The largest absolute Gasteiger partial charge is 0.381 e. The van der Waals surface area contributed by atoms with Crippen LogP contribution in [0.2, 0.25) is 0 Å². The van der Waals surface area contributed by atoms with Gasteiger partial charge in [-0.2, -0.15) is 0 Å². The first-order valence-electron chi connectivity index (χ1n) is 11.3. The summed E-state index contributed by atoms with van der Waals surface area (Å²) in [6, 6.07) is 0. The number of hydrogen-bond acceptors (Lipinski definition) is 4. The molecular formula is C22H45IN4O2. The summed E-state index contributed by atoms with van der Waals surface area (Å²) in [5.74, 6) is 3.12. The van der Waals surface area contributed by atoms with Gasteiger partial charge in [0, 0.05) is 65.2 Å². The van der Waals surface area contributed by atoms with Crippen LogP contribution in [-0.4, -0.2) is 76.1 Å². The maximum absolute atomic E-state index is 5.84. The number of aliphatic imine (C=N–C) groups is 1. The van der Waals surface area contributed by atoms with E-state index in [0.717, 1.165) is 76.6 Å². The number of piperidine rings is 1. The molecule has 0 amide bonds. The fraction of sp³-hybridized carbons (Fsp3) is 0.955. The Hall–Kier alpha value is -0.120. The fourth-order valence-corrected chi connectivity index (χ4v) is 4.33. The van der Waals surface area contributed by atoms with E-state index in [1.807, 2.05) is 7.05 Å². The number of hydrogen-bond donors (Lipinski definition) is 2. The molecule has 0 aliphatic carbocycles. The van der Waals surface area contributed by atoms with Crippen LogP contribution in [0.3, 0.4) is 0 Å². The van der Waals surface area contributed by atoms with Gasteiger partial charge in [0.15, 0.2) is 5.96 Å². The zero-order chi connectivity index (χ0) is 20.4. The van der Waals surface area contributed by atoms with Crippen LogP contribution in [0.5, 0.6) is 0 Å². The third-order valence-corrected chi connectivity index (χ3v) is 6.09. The summed E-state index contributed by atoms with van der Waals surface area (Å²) >= 11 is 0. The van der Waals surface area contributed by atoms with Crippen molar-refractivity contribution in [2.24, 2.45) is 22.7 Å². The Morgan fingerprint density at radius 1 is 1.14 bits per heavy atom. The molecule has 2 unspecified atom stereocenters. The van der Waals surface area contributed by atoms with Crippen molar-refractivity contribution >= 4 is 29.9 Å². The van der Waals surface area contributed by atoms with E-state index in [-0.39, 0.29) is 29.5 Å². The Morgan fingerprint density at radius 3 is 2.41 bits per heavy atom. The van der Waals surface area contributed by atoms with Crippen molar-refractivity contribution in [3.63, 3.8) is 0 Å². The molecule has 2 rings (SSSR count). The van der Waals surface area contributed by atoms with E-state index in [9.17, 15) is 0 Å². The van der Waals surface area contributed by atoms with E-state index in [1.54, 1.807) is 0 Å². The molecule has 2 N–H and O–H groups in total. The molecule has 2 fully saturated rings. The highest BCUT2D eigenvalue weighted by Crippen LogP contribution is 2.26. The topological polar surface area (TPSA) is 58.1 Å². The minimum atomic E-state index is 0. The predicted molar refractivity (Wildman–Crippen MR) is 132 cm³/mol. The number of guanidine groups is 1. The van der Waals surface area contributed by atoms with E-state index in [2.05, 4.69) is 48.2 Å². The van der Waals surface area contributed by atoms with Gasteiger partial charge in [-0.3, -0.25) is 9.89 Å². The smallest absolute Gasteiger partial charge is 0.191 e. The molecule has 29 heavy (non-hydrogen) atoms. The van der Waals surface area contributed by atoms with Crippen molar-refractivity contribution in [1.82, 2.24) is 15.5 Å². The fourth-order valence-electron chi connectivity index (χ4n) is 4.33. The number of rotatable bonds is 9. The van der Waals surface area contributed by atoms with E-state index < -0.39 is 0 Å². The summed E-state index contributed by atoms with van der Waals surface area (Å²) in [5, 5.41) is 6.94. The highest BCUT2D eigenvalue weighted by atomic mass is 127. The van der Waals surface area contributed by atoms with Crippen molar-refractivity contribution < 1.29 is 9.47 Å². The molecule has 0 bridgehead atoms. The summed E-state index contributed by atoms with van der Waals surface area (Å²) in [6.07, 6.45) is 4.62. The average Bonchev–Trinajstić information content (AvgIpc) is 2.67. The Bertz CT molecular complexity index is 460. The van der Waals surface area contributed by atoms with Crippen LogP contribution in [0.1, 0.15) is 53.4 Å². The first kappa shape index (κ1) is 26.9. The van der Waals surface area contributed by atoms with E-state index in [1.165, 1.54) is 19.5 Å². The van der Waals surface area contributed by atoms with Gasteiger partial charge in [0.25, 0.3) is 0 Å². The van der Waals surface area contributed by atoms with Crippen LogP contribution in [0, 0.1) is 17.8 Å². The van der Waals surface area contributed by atoms with Crippen molar-refractivity contribution in [1.29, 1.82) is 0 Å². The first-order chi connectivity index (χ1) is 13.4. The third kappa shape index (κ3) is 10.2. The standard InChI is InChI=1S/C22H44N4O2.HI/c1-18-13-19(2)15-26(14-18)22(3,4)17-25-21(23-5)24-9-6-10-28-16-20-7-11-27-12-8-20;/h18-20H,6-17H2,1-5H3,(H2,23,24,25);1H. The van der Waals surface area contributed by atoms with Crippen LogP contribution in [0.25, 0.3) is 0 Å². The van der Waals surface area contributed by atoms with Gasteiger partial charge in [0.05, 0.1) is 0 Å². The van der Waals surface area contributed by atoms with Crippen LogP contribution < -0.4 is 10.6 Å². The van der Waals surface area contributed by atoms with Gasteiger partial charge in [-0.1, -0.05) is 13.8 Å². The first-order valence-corrected chi connectivity index (χ1v) is 11.3. The summed E-state index contributed by atoms with van der Waals surface area (Å²) in [7, 11) is 1.84. The lowest BCUT2D eigenvalue weighted by Gasteiger charge is -2.45. The average molecular weight is 525 g/mol. The number of halogens is 1. The lowest BCUT2D eigenvalue weighted by Crippen LogP contribution is -2.57. The Kier molecular flexibility index (Phi) is 13.0. The molecule has 6 nitrogen and oxygen atoms in total. The molecule has 0 aromatic rings. The lowest BCUT2D eigenvalue weighted by atomic mass is 9.88. The van der Waals surface area contributed by atoms with Crippen LogP contribution >= 0.6 is 24.0 Å². The Morgan fingerprint density at radius 2 is 1.79 bits per heavy atom. The van der Waals surface area contributed by atoms with Crippen molar-refractivity contribution in [2.45, 2.75) is 58.9 Å². The van der Waals surface area contributed by atoms with Gasteiger partial charge in [-0.05, 0) is 57.3 Å². The van der Waals surface area contributed by atoms with E-state index >= 15 is 0 Å². The number of likely N-dealkylation sites (tertiary alicyclic amines) is 1. The highest BCUT2D eigenvalue weighted by Gasteiger charge is 2.32. The molecule has 2 saturated heterocycles. The summed E-state index contributed by atoms with van der Waals surface area (Å²) in [6.45, 7) is 17.0. The number of nitrogens with one attached hydrogen (secondary N) is 2. The zero-order valence-electron chi connectivity index (χ0n) is 19.3. The van der Waals surface area contributed by atoms with Crippen molar-refractivity contribution in [2.75, 3.05) is 59.7 Å². The van der Waals surface area contributed by atoms with E-state index in [4.69, 9.17) is 9.47 Å². The molecule has 7 heteroatoms. The molecule has 2 aliphatic heterocycles. The zero-order valence-corrected chi connectivity index (χ0v) is 21.7. The summed E-state index contributed by atoms with van der Waals surface area (Å²) in [5.41, 5.74) is 0.118. The highest BCUT2D eigenvalue weighted by molar-refractivity contribution is 14.0. The lowest BCUT2D eigenvalue weighted by molar-refractivity contribution is 0.0203. The van der Waals surface area contributed by atoms with Gasteiger partial charge in [0.2, 0.25) is 0 Å². The SMILES string of the molecule is CN=C(NCCCOCC1CCOCC1)NCC(C)(C)N1CC(C)CC(C)C1.I. The van der Waals surface area contributed by atoms with Crippen LogP contribution in [0.15, 0.2) is 4.99 Å². The molecule has 0 aromatic carbocycles.